The van der Waals surface area contributed by atoms with Crippen LogP contribution in [0.4, 0.5) is 11.4 Å². The summed E-state index contributed by atoms with van der Waals surface area (Å²) in [6.07, 6.45) is 0. The number of aliphatic imine (C=N–C) groups is 2. The number of hydrogen-bond acceptors (Lipinski definition) is 2. The van der Waals surface area contributed by atoms with Gasteiger partial charge in [-0.1, -0.05) is 23.8 Å². The zero-order valence-electron chi connectivity index (χ0n) is 12.7. The van der Waals surface area contributed by atoms with E-state index in [0.717, 1.165) is 11.3 Å². The number of carbonyl (C=O) groups is 1. The smallest absolute Gasteiger partial charge is 0.255 e. The topological polar surface area (TPSA) is 132 Å². The Balaban J connectivity index is 2.17. The molecule has 0 aromatic heterocycles. The molecule has 0 radical (unpaired) electrons. The van der Waals surface area contributed by atoms with E-state index in [1.807, 2.05) is 31.2 Å². The van der Waals surface area contributed by atoms with Crippen molar-refractivity contribution in [1.82, 2.24) is 0 Å². The molecule has 1 amide bonds. The molecule has 2 rings (SSSR count). The van der Waals surface area contributed by atoms with Gasteiger partial charge in [-0.15, -0.1) is 0 Å². The molecule has 0 unspecified atom stereocenters. The van der Waals surface area contributed by atoms with Crippen LogP contribution >= 0.6 is 0 Å². The molecule has 0 atom stereocenters. The van der Waals surface area contributed by atoms with Crippen LogP contribution < -0.4 is 22.5 Å². The van der Waals surface area contributed by atoms with Gasteiger partial charge in [-0.05, 0) is 37.3 Å². The maximum Gasteiger partial charge on any atom is 0.255 e. The molecule has 0 spiro atoms. The van der Waals surface area contributed by atoms with E-state index in [1.165, 1.54) is 0 Å². The molecular formula is C16H18N6O. The zero-order valence-corrected chi connectivity index (χ0v) is 12.7. The van der Waals surface area contributed by atoms with Crippen molar-refractivity contribution in [3.63, 3.8) is 0 Å². The monoisotopic (exact) mass is 310 g/mol. The van der Waals surface area contributed by atoms with Crippen LogP contribution in [-0.2, 0) is 0 Å². The van der Waals surface area contributed by atoms with Gasteiger partial charge in [0.1, 0.15) is 0 Å². The SMILES string of the molecule is Cc1ccc(NC(=O)c2cccc(N=C(N)N=C(N)N)c2)cc1. The number of benzene rings is 2. The highest BCUT2D eigenvalue weighted by atomic mass is 16.1. The van der Waals surface area contributed by atoms with Gasteiger partial charge in [-0.3, -0.25) is 4.79 Å². The zero-order chi connectivity index (χ0) is 16.8. The molecule has 0 aliphatic heterocycles. The van der Waals surface area contributed by atoms with E-state index in [4.69, 9.17) is 17.2 Å². The van der Waals surface area contributed by atoms with E-state index in [1.54, 1.807) is 24.3 Å². The van der Waals surface area contributed by atoms with E-state index in [-0.39, 0.29) is 17.8 Å². The number of amides is 1. The quantitative estimate of drug-likeness (QED) is 0.504. The summed E-state index contributed by atoms with van der Waals surface area (Å²) in [5.74, 6) is -0.507. The molecule has 118 valence electrons. The van der Waals surface area contributed by atoms with Crippen LogP contribution in [0.15, 0.2) is 58.5 Å². The Labute approximate surface area is 133 Å². The van der Waals surface area contributed by atoms with Crippen molar-refractivity contribution < 1.29 is 4.79 Å². The first-order valence-electron chi connectivity index (χ1n) is 6.86. The van der Waals surface area contributed by atoms with Crippen LogP contribution in [-0.4, -0.2) is 17.8 Å². The summed E-state index contributed by atoms with van der Waals surface area (Å²) in [6, 6.07) is 14.2. The van der Waals surface area contributed by atoms with E-state index in [0.29, 0.717) is 11.3 Å². The highest BCUT2D eigenvalue weighted by Gasteiger charge is 2.07. The Bertz CT molecular complexity index is 760. The number of nitrogens with one attached hydrogen (secondary N) is 1. The van der Waals surface area contributed by atoms with E-state index in [9.17, 15) is 4.79 Å². The second-order valence-corrected chi connectivity index (χ2v) is 4.88. The fourth-order valence-corrected chi connectivity index (χ4v) is 1.85. The van der Waals surface area contributed by atoms with Crippen LogP contribution in [0, 0.1) is 6.92 Å². The fraction of sp³-hybridized carbons (Fsp3) is 0.0625. The number of nitrogens with zero attached hydrogens (tertiary/aromatic N) is 2. The number of guanidine groups is 2. The third-order valence-electron chi connectivity index (χ3n) is 2.91. The molecule has 7 heteroatoms. The van der Waals surface area contributed by atoms with Gasteiger partial charge in [0, 0.05) is 11.3 Å². The van der Waals surface area contributed by atoms with Crippen LogP contribution in [0.1, 0.15) is 15.9 Å². The second-order valence-electron chi connectivity index (χ2n) is 4.88. The minimum atomic E-state index is -0.244. The van der Waals surface area contributed by atoms with Crippen LogP contribution in [0.2, 0.25) is 0 Å². The lowest BCUT2D eigenvalue weighted by Crippen LogP contribution is -2.26. The predicted molar refractivity (Wildman–Crippen MR) is 92.7 cm³/mol. The lowest BCUT2D eigenvalue weighted by atomic mass is 10.1. The second kappa shape index (κ2) is 7.08. The van der Waals surface area contributed by atoms with E-state index >= 15 is 0 Å². The number of rotatable bonds is 3. The third kappa shape index (κ3) is 4.85. The Morgan fingerprint density at radius 1 is 1.04 bits per heavy atom. The van der Waals surface area contributed by atoms with Gasteiger partial charge < -0.3 is 22.5 Å². The van der Waals surface area contributed by atoms with Crippen molar-refractivity contribution in [1.29, 1.82) is 0 Å². The van der Waals surface area contributed by atoms with Crippen molar-refractivity contribution in [2.24, 2.45) is 27.2 Å². The molecule has 7 nitrogen and oxygen atoms in total. The van der Waals surface area contributed by atoms with Gasteiger partial charge in [-0.25, -0.2) is 4.99 Å². The average Bonchev–Trinajstić information content (AvgIpc) is 2.49. The molecule has 0 aliphatic carbocycles. The predicted octanol–water partition coefficient (Wildman–Crippen LogP) is 1.47. The van der Waals surface area contributed by atoms with Crippen molar-refractivity contribution in [3.8, 4) is 0 Å². The van der Waals surface area contributed by atoms with Gasteiger partial charge in [-0.2, -0.15) is 4.99 Å². The Kier molecular flexibility index (Phi) is 4.93. The van der Waals surface area contributed by atoms with Crippen molar-refractivity contribution in [2.45, 2.75) is 6.92 Å². The summed E-state index contributed by atoms with van der Waals surface area (Å²) in [5.41, 5.74) is 18.8. The molecule has 0 saturated heterocycles. The van der Waals surface area contributed by atoms with Crippen molar-refractivity contribution in [3.05, 3.63) is 59.7 Å². The van der Waals surface area contributed by atoms with Crippen molar-refractivity contribution >= 4 is 29.2 Å². The first-order valence-corrected chi connectivity index (χ1v) is 6.86. The van der Waals surface area contributed by atoms with Crippen LogP contribution in [0.25, 0.3) is 0 Å². The molecular weight excluding hydrogens is 292 g/mol. The summed E-state index contributed by atoms with van der Waals surface area (Å²) in [4.78, 5) is 19.9. The summed E-state index contributed by atoms with van der Waals surface area (Å²) >= 11 is 0. The summed E-state index contributed by atoms with van der Waals surface area (Å²) < 4.78 is 0. The molecule has 0 aliphatic rings. The molecule has 23 heavy (non-hydrogen) atoms. The highest BCUT2D eigenvalue weighted by Crippen LogP contribution is 2.16. The van der Waals surface area contributed by atoms with Gasteiger partial charge >= 0.3 is 0 Å². The summed E-state index contributed by atoms with van der Waals surface area (Å²) in [5, 5.41) is 2.81. The first kappa shape index (κ1) is 16.0. The molecule has 0 fully saturated rings. The summed E-state index contributed by atoms with van der Waals surface area (Å²) in [6.45, 7) is 1.98. The maximum absolute atomic E-state index is 12.3. The number of anilines is 1. The van der Waals surface area contributed by atoms with E-state index in [2.05, 4.69) is 15.3 Å². The Morgan fingerprint density at radius 2 is 1.74 bits per heavy atom. The molecule has 7 N–H and O–H groups in total. The Hall–Kier alpha value is -3.35. The summed E-state index contributed by atoms with van der Waals surface area (Å²) in [7, 11) is 0. The standard InChI is InChI=1S/C16H18N6O/c1-10-5-7-12(8-6-10)20-14(23)11-3-2-4-13(9-11)21-16(19)22-15(17)18/h2-9H,1H3,(H,20,23)(H6,17,18,19,21,22). The lowest BCUT2D eigenvalue weighted by Gasteiger charge is -2.06. The lowest BCUT2D eigenvalue weighted by molar-refractivity contribution is 0.102. The number of carbonyl (C=O) groups excluding carboxylic acids is 1. The number of hydrogen-bond donors (Lipinski definition) is 4. The molecule has 2 aromatic rings. The number of aryl methyl sites for hydroxylation is 1. The first-order chi connectivity index (χ1) is 10.9. The van der Waals surface area contributed by atoms with Gasteiger partial charge in [0.05, 0.1) is 5.69 Å². The van der Waals surface area contributed by atoms with Crippen LogP contribution in [0.3, 0.4) is 0 Å². The molecule has 2 aromatic carbocycles. The van der Waals surface area contributed by atoms with Gasteiger partial charge in [0.25, 0.3) is 5.91 Å². The van der Waals surface area contributed by atoms with Crippen LogP contribution in [0.5, 0.6) is 0 Å². The number of nitrogens with two attached hydrogens (primary N) is 3. The van der Waals surface area contributed by atoms with Gasteiger partial charge in [0.2, 0.25) is 5.96 Å². The minimum Gasteiger partial charge on any atom is -0.370 e. The normalized spacial score (nSPS) is 10.9. The largest absolute Gasteiger partial charge is 0.370 e. The molecule has 0 saturated carbocycles. The molecule has 0 heterocycles. The van der Waals surface area contributed by atoms with Crippen molar-refractivity contribution in [2.75, 3.05) is 5.32 Å². The van der Waals surface area contributed by atoms with E-state index < -0.39 is 0 Å². The average molecular weight is 310 g/mol. The molecule has 0 bridgehead atoms. The van der Waals surface area contributed by atoms with Gasteiger partial charge in [0.15, 0.2) is 5.96 Å². The Morgan fingerprint density at radius 3 is 2.39 bits per heavy atom. The maximum atomic E-state index is 12.3. The fourth-order valence-electron chi connectivity index (χ4n) is 1.85. The minimum absolute atomic E-state index is 0.0823. The third-order valence-corrected chi connectivity index (χ3v) is 2.91. The highest BCUT2D eigenvalue weighted by molar-refractivity contribution is 6.05.